The molecule has 1 saturated carbocycles. The molecule has 3 nitrogen and oxygen atoms in total. The highest BCUT2D eigenvalue weighted by molar-refractivity contribution is 5.95. The van der Waals surface area contributed by atoms with Crippen molar-refractivity contribution in [1.82, 2.24) is 5.32 Å². The van der Waals surface area contributed by atoms with Gasteiger partial charge in [0.05, 0.1) is 0 Å². The summed E-state index contributed by atoms with van der Waals surface area (Å²) >= 11 is 0. The number of hydrogen-bond donors (Lipinski definition) is 2. The number of nitrogens with one attached hydrogen (secondary N) is 1. The van der Waals surface area contributed by atoms with Gasteiger partial charge in [0.2, 0.25) is 0 Å². The first-order valence-corrected chi connectivity index (χ1v) is 5.74. The minimum absolute atomic E-state index is 0.0267. The lowest BCUT2D eigenvalue weighted by atomic mass is 10.1. The minimum atomic E-state index is 0.0267. The van der Waals surface area contributed by atoms with Gasteiger partial charge in [-0.2, -0.15) is 0 Å². The summed E-state index contributed by atoms with van der Waals surface area (Å²) in [6.45, 7) is 2.69. The second kappa shape index (κ2) is 4.26. The van der Waals surface area contributed by atoms with Gasteiger partial charge in [0.25, 0.3) is 5.91 Å². The molecule has 3 heteroatoms. The molecule has 0 spiro atoms. The third-order valence-corrected chi connectivity index (χ3v) is 3.04. The second-order valence-electron chi connectivity index (χ2n) is 4.75. The summed E-state index contributed by atoms with van der Waals surface area (Å²) in [4.78, 5) is 11.9. The highest BCUT2D eigenvalue weighted by Gasteiger charge is 2.38. The first-order valence-electron chi connectivity index (χ1n) is 5.74. The van der Waals surface area contributed by atoms with E-state index in [1.54, 1.807) is 0 Å². The average Bonchev–Trinajstić information content (AvgIpc) is 2.97. The SMILES string of the molecule is CC1(NC(=O)c2cccc(CCN)c2)CC1. The van der Waals surface area contributed by atoms with Crippen molar-refractivity contribution >= 4 is 5.91 Å². The van der Waals surface area contributed by atoms with Crippen LogP contribution in [0.15, 0.2) is 24.3 Å². The van der Waals surface area contributed by atoms with Gasteiger partial charge in [-0.25, -0.2) is 0 Å². The van der Waals surface area contributed by atoms with Crippen molar-refractivity contribution in [2.75, 3.05) is 6.54 Å². The summed E-state index contributed by atoms with van der Waals surface area (Å²) < 4.78 is 0. The van der Waals surface area contributed by atoms with E-state index in [0.717, 1.165) is 30.4 Å². The van der Waals surface area contributed by atoms with Crippen LogP contribution in [0.2, 0.25) is 0 Å². The molecule has 0 unspecified atom stereocenters. The average molecular weight is 218 g/mol. The zero-order valence-electron chi connectivity index (χ0n) is 9.62. The summed E-state index contributed by atoms with van der Waals surface area (Å²) in [6, 6.07) is 7.69. The van der Waals surface area contributed by atoms with Gasteiger partial charge in [0.1, 0.15) is 0 Å². The monoisotopic (exact) mass is 218 g/mol. The Bertz CT molecular complexity index is 397. The molecule has 3 N–H and O–H groups in total. The Morgan fingerprint density at radius 3 is 2.88 bits per heavy atom. The number of benzene rings is 1. The van der Waals surface area contributed by atoms with Crippen LogP contribution in [0.25, 0.3) is 0 Å². The lowest BCUT2D eigenvalue weighted by Crippen LogP contribution is -2.34. The highest BCUT2D eigenvalue weighted by atomic mass is 16.1. The van der Waals surface area contributed by atoms with Gasteiger partial charge in [-0.05, 0) is 50.4 Å². The molecule has 1 aromatic carbocycles. The van der Waals surface area contributed by atoms with Crippen LogP contribution in [0.1, 0.15) is 35.7 Å². The number of nitrogens with two attached hydrogens (primary N) is 1. The molecule has 0 heterocycles. The standard InChI is InChI=1S/C13H18N2O/c1-13(6-7-13)15-12(16)11-4-2-3-10(9-11)5-8-14/h2-4,9H,5-8,14H2,1H3,(H,15,16). The highest BCUT2D eigenvalue weighted by Crippen LogP contribution is 2.34. The number of hydrogen-bond acceptors (Lipinski definition) is 2. The van der Waals surface area contributed by atoms with E-state index in [4.69, 9.17) is 5.73 Å². The van der Waals surface area contributed by atoms with Crippen LogP contribution in [0.5, 0.6) is 0 Å². The molecule has 2 rings (SSSR count). The van der Waals surface area contributed by atoms with Gasteiger partial charge in [-0.1, -0.05) is 12.1 Å². The predicted molar refractivity (Wildman–Crippen MR) is 64.3 cm³/mol. The Morgan fingerprint density at radius 2 is 2.25 bits per heavy atom. The van der Waals surface area contributed by atoms with Crippen molar-refractivity contribution in [1.29, 1.82) is 0 Å². The molecular weight excluding hydrogens is 200 g/mol. The zero-order chi connectivity index (χ0) is 11.6. The largest absolute Gasteiger partial charge is 0.347 e. The predicted octanol–water partition coefficient (Wildman–Crippen LogP) is 1.47. The molecular formula is C13H18N2O. The maximum atomic E-state index is 11.9. The van der Waals surface area contributed by atoms with Crippen molar-refractivity contribution in [2.45, 2.75) is 31.7 Å². The molecule has 0 aliphatic heterocycles. The summed E-state index contributed by atoms with van der Waals surface area (Å²) in [7, 11) is 0. The normalized spacial score (nSPS) is 16.9. The Labute approximate surface area is 96.0 Å². The molecule has 0 aromatic heterocycles. The molecule has 0 radical (unpaired) electrons. The van der Waals surface area contributed by atoms with Gasteiger partial charge in [-0.3, -0.25) is 4.79 Å². The van der Waals surface area contributed by atoms with Gasteiger partial charge in [0.15, 0.2) is 0 Å². The van der Waals surface area contributed by atoms with E-state index in [9.17, 15) is 4.79 Å². The van der Waals surface area contributed by atoms with Gasteiger partial charge in [0, 0.05) is 11.1 Å². The van der Waals surface area contributed by atoms with E-state index in [0.29, 0.717) is 6.54 Å². The molecule has 0 atom stereocenters. The van der Waals surface area contributed by atoms with E-state index < -0.39 is 0 Å². The van der Waals surface area contributed by atoms with E-state index in [2.05, 4.69) is 12.2 Å². The van der Waals surface area contributed by atoms with Crippen LogP contribution in [0.3, 0.4) is 0 Å². The number of carbonyl (C=O) groups is 1. The maximum absolute atomic E-state index is 11.9. The molecule has 0 bridgehead atoms. The van der Waals surface area contributed by atoms with Crippen molar-refractivity contribution in [3.05, 3.63) is 35.4 Å². The summed E-state index contributed by atoms with van der Waals surface area (Å²) in [5.74, 6) is 0.0267. The zero-order valence-corrected chi connectivity index (χ0v) is 9.62. The topological polar surface area (TPSA) is 55.1 Å². The van der Waals surface area contributed by atoms with Crippen molar-refractivity contribution in [2.24, 2.45) is 5.73 Å². The summed E-state index contributed by atoms with van der Waals surface area (Å²) in [5, 5.41) is 3.05. The van der Waals surface area contributed by atoms with E-state index in [1.807, 2.05) is 24.3 Å². The van der Waals surface area contributed by atoms with Crippen molar-refractivity contribution in [3.63, 3.8) is 0 Å². The van der Waals surface area contributed by atoms with Crippen molar-refractivity contribution in [3.8, 4) is 0 Å². The Kier molecular flexibility index (Phi) is 2.97. The number of carbonyl (C=O) groups excluding carboxylic acids is 1. The van der Waals surface area contributed by atoms with Crippen LogP contribution < -0.4 is 11.1 Å². The fourth-order valence-corrected chi connectivity index (χ4v) is 1.69. The van der Waals surface area contributed by atoms with Gasteiger partial charge in [-0.15, -0.1) is 0 Å². The van der Waals surface area contributed by atoms with Crippen molar-refractivity contribution < 1.29 is 4.79 Å². The Hall–Kier alpha value is -1.35. The smallest absolute Gasteiger partial charge is 0.251 e. The molecule has 0 saturated heterocycles. The lowest BCUT2D eigenvalue weighted by molar-refractivity contribution is 0.0935. The van der Waals surface area contributed by atoms with E-state index in [-0.39, 0.29) is 11.4 Å². The minimum Gasteiger partial charge on any atom is -0.347 e. The number of rotatable bonds is 4. The molecule has 1 amide bonds. The number of amides is 1. The van der Waals surface area contributed by atoms with Gasteiger partial charge >= 0.3 is 0 Å². The summed E-state index contributed by atoms with van der Waals surface area (Å²) in [5.41, 5.74) is 7.40. The molecule has 1 aliphatic rings. The molecule has 1 fully saturated rings. The van der Waals surface area contributed by atoms with Crippen LogP contribution in [-0.2, 0) is 6.42 Å². The Balaban J connectivity index is 2.07. The Morgan fingerprint density at radius 1 is 1.50 bits per heavy atom. The first-order chi connectivity index (χ1) is 7.63. The maximum Gasteiger partial charge on any atom is 0.251 e. The molecule has 1 aliphatic carbocycles. The van der Waals surface area contributed by atoms with Crippen LogP contribution in [0.4, 0.5) is 0 Å². The van der Waals surface area contributed by atoms with Crippen LogP contribution in [-0.4, -0.2) is 18.0 Å². The van der Waals surface area contributed by atoms with Gasteiger partial charge < -0.3 is 11.1 Å². The molecule has 86 valence electrons. The van der Waals surface area contributed by atoms with Crippen LogP contribution in [0, 0.1) is 0 Å². The third kappa shape index (κ3) is 2.61. The summed E-state index contributed by atoms with van der Waals surface area (Å²) in [6.07, 6.45) is 2.99. The fourth-order valence-electron chi connectivity index (χ4n) is 1.69. The lowest BCUT2D eigenvalue weighted by Gasteiger charge is -2.11. The second-order valence-corrected chi connectivity index (χ2v) is 4.75. The van der Waals surface area contributed by atoms with E-state index >= 15 is 0 Å². The molecule has 1 aromatic rings. The first kappa shape index (κ1) is 11.1. The quantitative estimate of drug-likeness (QED) is 0.804. The van der Waals surface area contributed by atoms with Crippen LogP contribution >= 0.6 is 0 Å². The van der Waals surface area contributed by atoms with E-state index in [1.165, 1.54) is 0 Å². The molecule has 16 heavy (non-hydrogen) atoms. The fraction of sp³-hybridized carbons (Fsp3) is 0.462. The third-order valence-electron chi connectivity index (χ3n) is 3.04.